The van der Waals surface area contributed by atoms with Gasteiger partial charge in [-0.2, -0.15) is 0 Å². The number of hydrogen-bond donors (Lipinski definition) is 4. The molecule has 2 aromatic carbocycles. The molecule has 0 saturated heterocycles. The van der Waals surface area contributed by atoms with E-state index in [9.17, 15) is 19.8 Å². The minimum absolute atomic E-state index is 0.162. The fraction of sp³-hybridized carbons (Fsp3) is 0.516. The number of carbonyl (C=O) groups is 2. The van der Waals surface area contributed by atoms with Crippen LogP contribution in [0.15, 0.2) is 60.7 Å². The molecule has 2 amide bonds. The lowest BCUT2D eigenvalue weighted by Crippen LogP contribution is -2.63. The van der Waals surface area contributed by atoms with Crippen molar-refractivity contribution in [2.75, 3.05) is 6.61 Å². The van der Waals surface area contributed by atoms with Gasteiger partial charge in [0.15, 0.2) is 0 Å². The van der Waals surface area contributed by atoms with Crippen molar-refractivity contribution in [3.8, 4) is 0 Å². The van der Waals surface area contributed by atoms with E-state index in [0.717, 1.165) is 17.2 Å². The van der Waals surface area contributed by atoms with E-state index in [0.29, 0.717) is 6.42 Å². The monoisotopic (exact) mass is 571 g/mol. The fourth-order valence-electron chi connectivity index (χ4n) is 4.12. The number of aliphatic hydroxyl groups excluding tert-OH is 1. The lowest BCUT2D eigenvalue weighted by molar-refractivity contribution is -0.0376. The van der Waals surface area contributed by atoms with Gasteiger partial charge in [-0.3, -0.25) is 0 Å². The molecule has 0 bridgehead atoms. The molecule has 0 aliphatic heterocycles. The summed E-state index contributed by atoms with van der Waals surface area (Å²) in [7, 11) is -1.43. The van der Waals surface area contributed by atoms with E-state index < -0.39 is 43.6 Å². The Morgan fingerprint density at radius 3 is 1.98 bits per heavy atom. The SMILES string of the molecule is CC(C)(C)OC(=O)NC(C(O)CCc1ccccc1)C(C)(O)[C](Cc1ccccc1)NC(=O)OCC[Si](C)(C)C. The van der Waals surface area contributed by atoms with E-state index in [1.807, 2.05) is 60.7 Å². The van der Waals surface area contributed by atoms with Gasteiger partial charge >= 0.3 is 12.2 Å². The molecule has 2 rings (SSSR count). The third kappa shape index (κ3) is 12.1. The zero-order valence-corrected chi connectivity index (χ0v) is 26.0. The Morgan fingerprint density at radius 2 is 1.45 bits per heavy atom. The van der Waals surface area contributed by atoms with Crippen LogP contribution in [0.3, 0.4) is 0 Å². The summed E-state index contributed by atoms with van der Waals surface area (Å²) in [5, 5.41) is 28.8. The van der Waals surface area contributed by atoms with Crippen LogP contribution in [0.1, 0.15) is 45.2 Å². The van der Waals surface area contributed by atoms with Gasteiger partial charge in [-0.25, -0.2) is 9.59 Å². The summed E-state index contributed by atoms with van der Waals surface area (Å²) in [5.74, 6) is 0. The number of alkyl carbamates (subject to hydrolysis) is 2. The minimum atomic E-state index is -1.87. The second kappa shape index (κ2) is 14.7. The van der Waals surface area contributed by atoms with Crippen molar-refractivity contribution < 1.29 is 29.3 Å². The zero-order chi connectivity index (χ0) is 30.0. The van der Waals surface area contributed by atoms with Crippen molar-refractivity contribution in [2.24, 2.45) is 0 Å². The molecule has 0 fully saturated rings. The molecular formula is C31H47N2O6Si. The Hall–Kier alpha value is -2.88. The van der Waals surface area contributed by atoms with Crippen molar-refractivity contribution in [2.45, 2.75) is 96.0 Å². The molecule has 3 atom stereocenters. The maximum absolute atomic E-state index is 12.9. The fourth-order valence-corrected chi connectivity index (χ4v) is 4.83. The van der Waals surface area contributed by atoms with Crippen LogP contribution < -0.4 is 10.6 Å². The number of amides is 2. The molecular weight excluding hydrogens is 524 g/mol. The summed E-state index contributed by atoms with van der Waals surface area (Å²) in [5.41, 5.74) is -0.824. The summed E-state index contributed by atoms with van der Waals surface area (Å²) in [4.78, 5) is 25.7. The standard InChI is InChI=1S/C31H47N2O6Si/c1-30(2,3)39-29(36)33-27(25(34)19-18-23-14-10-8-11-15-23)31(4,37)26(22-24-16-12-9-13-17-24)32-28(35)38-20-21-40(5,6)7/h8-17,25,27,34,37H,18-22H2,1-7H3,(H,32,35)(H,33,36). The molecule has 0 saturated carbocycles. The number of ether oxygens (including phenoxy) is 2. The highest BCUT2D eigenvalue weighted by atomic mass is 28.3. The third-order valence-electron chi connectivity index (χ3n) is 6.41. The Bertz CT molecular complexity index is 1050. The van der Waals surface area contributed by atoms with Crippen molar-refractivity contribution >= 4 is 20.3 Å². The van der Waals surface area contributed by atoms with Gasteiger partial charge in [0.1, 0.15) is 17.2 Å². The van der Waals surface area contributed by atoms with Crippen molar-refractivity contribution in [3.63, 3.8) is 0 Å². The van der Waals surface area contributed by atoms with Crippen LogP contribution in [0, 0.1) is 6.04 Å². The first kappa shape index (κ1) is 33.3. The lowest BCUT2D eigenvalue weighted by atomic mass is 9.80. The Morgan fingerprint density at radius 1 is 0.900 bits per heavy atom. The first-order valence-corrected chi connectivity index (χ1v) is 17.6. The van der Waals surface area contributed by atoms with Gasteiger partial charge in [-0.05, 0) is 57.7 Å². The third-order valence-corrected chi connectivity index (χ3v) is 8.11. The minimum Gasteiger partial charge on any atom is -0.450 e. The first-order valence-electron chi connectivity index (χ1n) is 13.8. The van der Waals surface area contributed by atoms with E-state index in [4.69, 9.17) is 9.47 Å². The van der Waals surface area contributed by atoms with E-state index >= 15 is 0 Å². The van der Waals surface area contributed by atoms with Crippen LogP contribution in [0.2, 0.25) is 25.7 Å². The molecule has 0 aliphatic rings. The van der Waals surface area contributed by atoms with Crippen LogP contribution >= 0.6 is 0 Å². The normalized spacial score (nSPS) is 15.1. The van der Waals surface area contributed by atoms with E-state index in [1.54, 1.807) is 20.8 Å². The number of nitrogens with one attached hydrogen (secondary N) is 2. The van der Waals surface area contributed by atoms with Gasteiger partial charge in [-0.15, -0.1) is 0 Å². The van der Waals surface area contributed by atoms with Crippen LogP contribution in [0.5, 0.6) is 0 Å². The zero-order valence-electron chi connectivity index (χ0n) is 25.0. The molecule has 0 aromatic heterocycles. The number of aryl methyl sites for hydroxylation is 1. The second-order valence-electron chi connectivity index (χ2n) is 12.6. The van der Waals surface area contributed by atoms with Crippen molar-refractivity contribution in [1.82, 2.24) is 10.6 Å². The van der Waals surface area contributed by atoms with Gasteiger partial charge in [0.2, 0.25) is 0 Å². The van der Waals surface area contributed by atoms with E-state index in [-0.39, 0.29) is 25.5 Å². The van der Waals surface area contributed by atoms with Crippen LogP contribution in [-0.2, 0) is 22.3 Å². The topological polar surface area (TPSA) is 117 Å². The first-order chi connectivity index (χ1) is 18.6. The molecule has 221 valence electrons. The predicted octanol–water partition coefficient (Wildman–Crippen LogP) is 5.46. The lowest BCUT2D eigenvalue weighted by Gasteiger charge is -2.41. The summed E-state index contributed by atoms with van der Waals surface area (Å²) in [6.45, 7) is 13.5. The molecule has 4 N–H and O–H groups in total. The molecule has 40 heavy (non-hydrogen) atoms. The average molecular weight is 572 g/mol. The number of aliphatic hydroxyl groups is 2. The Balaban J connectivity index is 2.34. The second-order valence-corrected chi connectivity index (χ2v) is 18.2. The average Bonchev–Trinajstić information content (AvgIpc) is 2.85. The maximum Gasteiger partial charge on any atom is 0.408 e. The quantitative estimate of drug-likeness (QED) is 0.237. The van der Waals surface area contributed by atoms with Crippen LogP contribution in [0.25, 0.3) is 0 Å². The highest BCUT2D eigenvalue weighted by molar-refractivity contribution is 6.76. The maximum atomic E-state index is 12.9. The molecule has 1 radical (unpaired) electrons. The largest absolute Gasteiger partial charge is 0.450 e. The number of carbonyl (C=O) groups excluding carboxylic acids is 2. The Labute approximate surface area is 240 Å². The smallest absolute Gasteiger partial charge is 0.408 e. The molecule has 0 heterocycles. The summed E-state index contributed by atoms with van der Waals surface area (Å²) < 4.78 is 10.9. The van der Waals surface area contributed by atoms with Gasteiger partial charge in [-0.1, -0.05) is 80.3 Å². The van der Waals surface area contributed by atoms with Gasteiger partial charge in [0.05, 0.1) is 18.8 Å². The molecule has 0 spiro atoms. The predicted molar refractivity (Wildman–Crippen MR) is 161 cm³/mol. The molecule has 2 aromatic rings. The van der Waals surface area contributed by atoms with E-state index in [1.165, 1.54) is 6.92 Å². The molecule has 8 nitrogen and oxygen atoms in total. The van der Waals surface area contributed by atoms with E-state index in [2.05, 4.69) is 30.3 Å². The van der Waals surface area contributed by atoms with Crippen molar-refractivity contribution in [1.29, 1.82) is 0 Å². The number of rotatable bonds is 13. The van der Waals surface area contributed by atoms with Crippen molar-refractivity contribution in [3.05, 3.63) is 77.8 Å². The molecule has 0 aliphatic carbocycles. The highest BCUT2D eigenvalue weighted by Gasteiger charge is 2.46. The highest BCUT2D eigenvalue weighted by Crippen LogP contribution is 2.29. The van der Waals surface area contributed by atoms with Crippen LogP contribution in [-0.4, -0.2) is 60.4 Å². The number of hydrogen-bond acceptors (Lipinski definition) is 6. The Kier molecular flexibility index (Phi) is 12.2. The number of benzene rings is 2. The van der Waals surface area contributed by atoms with Crippen LogP contribution in [0.4, 0.5) is 9.59 Å². The van der Waals surface area contributed by atoms with Gasteiger partial charge < -0.3 is 30.3 Å². The van der Waals surface area contributed by atoms with Gasteiger partial charge in [0, 0.05) is 14.5 Å². The summed E-state index contributed by atoms with van der Waals surface area (Å²) in [6, 6.07) is 18.8. The van der Waals surface area contributed by atoms with Gasteiger partial charge in [0.25, 0.3) is 0 Å². The molecule has 9 heteroatoms. The summed E-state index contributed by atoms with van der Waals surface area (Å²) in [6.07, 6.45) is -1.72. The molecule has 3 unspecified atom stereocenters. The summed E-state index contributed by atoms with van der Waals surface area (Å²) >= 11 is 0.